The summed E-state index contributed by atoms with van der Waals surface area (Å²) in [6, 6.07) is 12.4. The SMILES string of the molecule is N#Cc1ccc2c3c(n(C(=O)NCc4ccnc(Cl)c4)c2c1)CCN(C/C=C/c1cc(F)c(F)c(F)c1)C3. The lowest BCUT2D eigenvalue weighted by Gasteiger charge is -2.27. The molecule has 1 aliphatic heterocycles. The number of fused-ring (bicyclic) bond motifs is 3. The van der Waals surface area contributed by atoms with Gasteiger partial charge < -0.3 is 5.32 Å². The maximum Gasteiger partial charge on any atom is 0.326 e. The Hall–Kier alpha value is -4.13. The lowest BCUT2D eigenvalue weighted by molar-refractivity contribution is 0.240. The smallest absolute Gasteiger partial charge is 0.326 e. The van der Waals surface area contributed by atoms with Gasteiger partial charge in [-0.05, 0) is 53.1 Å². The zero-order valence-corrected chi connectivity index (χ0v) is 20.8. The number of hydrogen-bond acceptors (Lipinski definition) is 4. The van der Waals surface area contributed by atoms with Gasteiger partial charge in [-0.15, -0.1) is 0 Å². The second kappa shape index (κ2) is 10.7. The van der Waals surface area contributed by atoms with Gasteiger partial charge in [-0.25, -0.2) is 22.9 Å². The average molecular weight is 536 g/mol. The minimum atomic E-state index is -1.49. The fourth-order valence-electron chi connectivity index (χ4n) is 4.69. The zero-order chi connectivity index (χ0) is 26.8. The molecule has 192 valence electrons. The number of carbonyl (C=O) groups excluding carboxylic acids is 1. The third-order valence-electron chi connectivity index (χ3n) is 6.48. The molecule has 0 aliphatic carbocycles. The Bertz CT molecular complexity index is 1600. The van der Waals surface area contributed by atoms with E-state index in [0.717, 1.165) is 34.3 Å². The summed E-state index contributed by atoms with van der Waals surface area (Å²) in [4.78, 5) is 19.4. The summed E-state index contributed by atoms with van der Waals surface area (Å²) >= 11 is 5.95. The van der Waals surface area contributed by atoms with Crippen LogP contribution in [0.1, 0.15) is 27.9 Å². The number of hydrogen-bond donors (Lipinski definition) is 1. The molecule has 6 nitrogen and oxygen atoms in total. The zero-order valence-electron chi connectivity index (χ0n) is 20.0. The molecule has 1 aliphatic rings. The van der Waals surface area contributed by atoms with E-state index >= 15 is 0 Å². The fourth-order valence-corrected chi connectivity index (χ4v) is 4.89. The van der Waals surface area contributed by atoms with E-state index in [0.29, 0.717) is 42.3 Å². The van der Waals surface area contributed by atoms with Gasteiger partial charge >= 0.3 is 6.03 Å². The van der Waals surface area contributed by atoms with E-state index in [1.807, 2.05) is 6.07 Å². The predicted molar refractivity (Wildman–Crippen MR) is 138 cm³/mol. The van der Waals surface area contributed by atoms with Crippen LogP contribution in [0.2, 0.25) is 5.15 Å². The second-order valence-electron chi connectivity index (χ2n) is 8.94. The molecule has 2 aromatic heterocycles. The first-order valence-electron chi connectivity index (χ1n) is 11.8. The molecule has 38 heavy (non-hydrogen) atoms. The number of halogens is 4. The Morgan fingerprint density at radius 2 is 1.95 bits per heavy atom. The molecule has 0 atom stereocenters. The topological polar surface area (TPSA) is 74.0 Å². The molecule has 0 saturated heterocycles. The molecule has 0 radical (unpaired) electrons. The molecule has 1 N–H and O–H groups in total. The van der Waals surface area contributed by atoms with Crippen molar-refractivity contribution in [1.82, 2.24) is 19.8 Å². The molecule has 3 heterocycles. The van der Waals surface area contributed by atoms with Crippen LogP contribution in [-0.4, -0.2) is 33.6 Å². The van der Waals surface area contributed by atoms with Crippen LogP contribution in [0.3, 0.4) is 0 Å². The van der Waals surface area contributed by atoms with E-state index in [9.17, 15) is 23.2 Å². The normalized spacial score (nSPS) is 13.6. The van der Waals surface area contributed by atoms with Crippen molar-refractivity contribution >= 4 is 34.6 Å². The van der Waals surface area contributed by atoms with Crippen LogP contribution in [0.5, 0.6) is 0 Å². The number of rotatable bonds is 5. The molecule has 5 rings (SSSR count). The number of pyridine rings is 1. The van der Waals surface area contributed by atoms with Crippen LogP contribution in [0.25, 0.3) is 17.0 Å². The molecule has 2 aromatic carbocycles. The highest BCUT2D eigenvalue weighted by Gasteiger charge is 2.26. The lowest BCUT2D eigenvalue weighted by Crippen LogP contribution is -2.34. The number of nitrogens with zero attached hydrogens (tertiary/aromatic N) is 4. The van der Waals surface area contributed by atoms with Gasteiger partial charge in [0, 0.05) is 49.9 Å². The molecule has 0 unspecified atom stereocenters. The Balaban J connectivity index is 1.39. The Morgan fingerprint density at radius 3 is 2.68 bits per heavy atom. The number of carbonyl (C=O) groups is 1. The number of nitriles is 1. The van der Waals surface area contributed by atoms with Gasteiger partial charge in [0.05, 0.1) is 17.1 Å². The first kappa shape index (κ1) is 25.5. The van der Waals surface area contributed by atoms with Crippen molar-refractivity contribution in [2.75, 3.05) is 13.1 Å². The second-order valence-corrected chi connectivity index (χ2v) is 9.32. The van der Waals surface area contributed by atoms with Gasteiger partial charge in [0.15, 0.2) is 17.5 Å². The van der Waals surface area contributed by atoms with E-state index in [1.165, 1.54) is 0 Å². The molecular weight excluding hydrogens is 515 g/mol. The summed E-state index contributed by atoms with van der Waals surface area (Å²) in [7, 11) is 0. The van der Waals surface area contributed by atoms with Crippen LogP contribution in [0.4, 0.5) is 18.0 Å². The summed E-state index contributed by atoms with van der Waals surface area (Å²) in [5, 5.41) is 13.6. The maximum absolute atomic E-state index is 13.5. The van der Waals surface area contributed by atoms with Gasteiger partial charge in [-0.1, -0.05) is 29.8 Å². The van der Waals surface area contributed by atoms with Gasteiger partial charge in [0.1, 0.15) is 5.15 Å². The maximum atomic E-state index is 13.5. The molecular formula is C28H21ClF3N5O. The van der Waals surface area contributed by atoms with E-state index < -0.39 is 17.5 Å². The first-order valence-corrected chi connectivity index (χ1v) is 12.2. The highest BCUT2D eigenvalue weighted by atomic mass is 35.5. The molecule has 4 aromatic rings. The fraction of sp³-hybridized carbons (Fsp3) is 0.179. The lowest BCUT2D eigenvalue weighted by atomic mass is 10.0. The van der Waals surface area contributed by atoms with Crippen LogP contribution in [0, 0.1) is 28.8 Å². The van der Waals surface area contributed by atoms with E-state index in [2.05, 4.69) is 21.3 Å². The molecule has 0 bridgehead atoms. The summed E-state index contributed by atoms with van der Waals surface area (Å²) in [6.45, 7) is 1.92. The summed E-state index contributed by atoms with van der Waals surface area (Å²) < 4.78 is 41.8. The van der Waals surface area contributed by atoms with Crippen molar-refractivity contribution in [2.45, 2.75) is 19.5 Å². The van der Waals surface area contributed by atoms with Gasteiger partial charge in [-0.2, -0.15) is 5.26 Å². The van der Waals surface area contributed by atoms with Crippen molar-refractivity contribution in [1.29, 1.82) is 5.26 Å². The largest absolute Gasteiger partial charge is 0.333 e. The average Bonchev–Trinajstić information content (AvgIpc) is 3.23. The highest BCUT2D eigenvalue weighted by molar-refractivity contribution is 6.29. The van der Waals surface area contributed by atoms with Crippen molar-refractivity contribution in [2.24, 2.45) is 0 Å². The van der Waals surface area contributed by atoms with Gasteiger partial charge in [0.2, 0.25) is 0 Å². The van der Waals surface area contributed by atoms with E-state index in [1.54, 1.807) is 47.2 Å². The molecule has 0 fully saturated rings. The van der Waals surface area contributed by atoms with Crippen LogP contribution < -0.4 is 5.32 Å². The number of nitrogens with one attached hydrogen (secondary N) is 1. The van der Waals surface area contributed by atoms with Gasteiger partial charge in [-0.3, -0.25) is 9.47 Å². The molecule has 0 spiro atoms. The first-order chi connectivity index (χ1) is 18.3. The van der Waals surface area contributed by atoms with E-state index in [4.69, 9.17) is 11.6 Å². The minimum Gasteiger partial charge on any atom is -0.333 e. The third kappa shape index (κ3) is 5.14. The minimum absolute atomic E-state index is 0.229. The van der Waals surface area contributed by atoms with Crippen LogP contribution in [0.15, 0.2) is 54.7 Å². The van der Waals surface area contributed by atoms with E-state index in [-0.39, 0.29) is 18.1 Å². The summed E-state index contributed by atoms with van der Waals surface area (Å²) in [6.07, 6.45) is 5.45. The quantitative estimate of drug-likeness (QED) is 0.259. The van der Waals surface area contributed by atoms with Crippen LogP contribution >= 0.6 is 11.6 Å². The molecule has 10 heteroatoms. The highest BCUT2D eigenvalue weighted by Crippen LogP contribution is 2.31. The predicted octanol–water partition coefficient (Wildman–Crippen LogP) is 5.81. The number of amides is 1. The van der Waals surface area contributed by atoms with Crippen molar-refractivity contribution in [3.63, 3.8) is 0 Å². The van der Waals surface area contributed by atoms with Gasteiger partial charge in [0.25, 0.3) is 0 Å². The molecule has 1 amide bonds. The Labute approximate surface area is 221 Å². The third-order valence-corrected chi connectivity index (χ3v) is 6.68. The van der Waals surface area contributed by atoms with Crippen molar-refractivity contribution in [3.8, 4) is 6.07 Å². The molecule has 0 saturated carbocycles. The monoisotopic (exact) mass is 535 g/mol. The Morgan fingerprint density at radius 1 is 1.16 bits per heavy atom. The summed E-state index contributed by atoms with van der Waals surface area (Å²) in [5.74, 6) is -3.96. The number of aromatic nitrogens is 2. The summed E-state index contributed by atoms with van der Waals surface area (Å²) in [5.41, 5.74) is 3.97. The Kier molecular flexibility index (Phi) is 7.18. The van der Waals surface area contributed by atoms with Crippen LogP contribution in [-0.2, 0) is 19.5 Å². The number of benzene rings is 2. The van der Waals surface area contributed by atoms with Crippen molar-refractivity contribution < 1.29 is 18.0 Å². The van der Waals surface area contributed by atoms with Crippen molar-refractivity contribution in [3.05, 3.63) is 105 Å². The standard InChI is InChI=1S/C28H21ClF3N5O/c29-26-13-19(5-7-34-26)15-35-28(38)37-24-6-9-36(8-1-2-17-10-22(30)27(32)23(31)11-17)16-21(24)20-4-3-18(14-33)12-25(20)37/h1-5,7,10-13H,6,8-9,15-16H2,(H,35,38)/b2-1+.